The molecule has 2 heterocycles. The Morgan fingerprint density at radius 2 is 0.808 bits per heavy atom. The summed E-state index contributed by atoms with van der Waals surface area (Å²) in [5.74, 6) is 0. The summed E-state index contributed by atoms with van der Waals surface area (Å²) in [5.41, 5.74) is 18.6. The van der Waals surface area contributed by atoms with E-state index in [1.54, 1.807) is 0 Å². The Hall–Kier alpha value is -9.70. The van der Waals surface area contributed by atoms with E-state index in [2.05, 4.69) is 299 Å². The van der Waals surface area contributed by atoms with Crippen molar-refractivity contribution >= 4 is 71.3 Å². The lowest BCUT2D eigenvalue weighted by Crippen LogP contribution is -2.10. The average molecular weight is 930 g/mol. The molecule has 0 unspecified atom stereocenters. The highest BCUT2D eigenvalue weighted by Gasteiger charge is 2.25. The van der Waals surface area contributed by atoms with Gasteiger partial charge in [0.25, 0.3) is 0 Å². The Morgan fingerprint density at radius 3 is 1.56 bits per heavy atom. The zero-order valence-corrected chi connectivity index (χ0v) is 40.0. The molecule has 0 atom stereocenters. The number of anilines is 3. The summed E-state index contributed by atoms with van der Waals surface area (Å²) in [5, 5.41) is 8.45. The maximum atomic E-state index is 2.51. The fourth-order valence-electron chi connectivity index (χ4n) is 11.4. The predicted octanol–water partition coefficient (Wildman–Crippen LogP) is 19.2. The first-order valence-corrected chi connectivity index (χ1v) is 25.1. The van der Waals surface area contributed by atoms with Crippen molar-refractivity contribution in [1.82, 2.24) is 9.13 Å². The largest absolute Gasteiger partial charge is 0.310 e. The molecule has 73 heavy (non-hydrogen) atoms. The van der Waals surface area contributed by atoms with E-state index in [9.17, 15) is 0 Å². The molecule has 0 fully saturated rings. The van der Waals surface area contributed by atoms with E-state index in [4.69, 9.17) is 0 Å². The van der Waals surface area contributed by atoms with Crippen molar-refractivity contribution in [2.45, 2.75) is 0 Å². The standard InChI is InChI=1S/C70H47N3/c1-5-19-48(20-6-1)49-35-39-56(40-36-49)73-69(53-24-9-3-10-25-53)68(52-22-7-2-8-23-52)63-45-44-60-58(31-18-32-62(60)70(63)73)51-37-41-55(42-38-51)71(65-34-17-26-50-21-13-14-29-59(50)65)57-43-46-67-64(47-57)61-30-15-16-33-66(61)72(67)54-27-11-4-12-28-54/h1-47H. The van der Waals surface area contributed by atoms with Gasteiger partial charge < -0.3 is 14.0 Å². The first kappa shape index (κ1) is 42.2. The van der Waals surface area contributed by atoms with Gasteiger partial charge in [-0.3, -0.25) is 0 Å². The average Bonchev–Trinajstić information content (AvgIpc) is 4.00. The molecule has 0 amide bonds. The third-order valence-corrected chi connectivity index (χ3v) is 14.7. The van der Waals surface area contributed by atoms with Crippen molar-refractivity contribution in [3.05, 3.63) is 285 Å². The lowest BCUT2D eigenvalue weighted by atomic mass is 9.94. The monoisotopic (exact) mass is 929 g/mol. The molecule has 12 aromatic carbocycles. The highest BCUT2D eigenvalue weighted by molar-refractivity contribution is 6.18. The predicted molar refractivity (Wildman–Crippen MR) is 309 cm³/mol. The van der Waals surface area contributed by atoms with E-state index in [0.29, 0.717) is 0 Å². The van der Waals surface area contributed by atoms with E-state index in [-0.39, 0.29) is 0 Å². The topological polar surface area (TPSA) is 13.1 Å². The summed E-state index contributed by atoms with van der Waals surface area (Å²) in [7, 11) is 0. The molecule has 3 heteroatoms. The molecule has 3 nitrogen and oxygen atoms in total. The van der Waals surface area contributed by atoms with E-state index < -0.39 is 0 Å². The molecule has 0 aliphatic rings. The second-order valence-electron chi connectivity index (χ2n) is 18.8. The zero-order chi connectivity index (χ0) is 48.2. The van der Waals surface area contributed by atoms with Crippen LogP contribution in [0.4, 0.5) is 17.1 Å². The van der Waals surface area contributed by atoms with Crippen LogP contribution in [-0.2, 0) is 0 Å². The molecule has 14 rings (SSSR count). The van der Waals surface area contributed by atoms with Crippen molar-refractivity contribution in [3.63, 3.8) is 0 Å². The Kier molecular flexibility index (Phi) is 10.2. The van der Waals surface area contributed by atoms with Gasteiger partial charge in [-0.1, -0.05) is 218 Å². The van der Waals surface area contributed by atoms with Gasteiger partial charge in [0.2, 0.25) is 0 Å². The molecule has 0 saturated heterocycles. The van der Waals surface area contributed by atoms with E-state index in [0.717, 1.165) is 34.0 Å². The van der Waals surface area contributed by atoms with Crippen molar-refractivity contribution in [3.8, 4) is 56.0 Å². The molecule has 2 aromatic heterocycles. The van der Waals surface area contributed by atoms with E-state index in [1.807, 2.05) is 0 Å². The fourth-order valence-corrected chi connectivity index (χ4v) is 11.4. The quantitative estimate of drug-likeness (QED) is 0.141. The third kappa shape index (κ3) is 7.13. The van der Waals surface area contributed by atoms with E-state index in [1.165, 1.54) is 93.3 Å². The Labute approximate surface area is 424 Å². The van der Waals surface area contributed by atoms with Gasteiger partial charge in [-0.2, -0.15) is 0 Å². The van der Waals surface area contributed by atoms with Gasteiger partial charge >= 0.3 is 0 Å². The summed E-state index contributed by atoms with van der Waals surface area (Å²) < 4.78 is 4.89. The van der Waals surface area contributed by atoms with Crippen LogP contribution < -0.4 is 4.90 Å². The smallest absolute Gasteiger partial charge is 0.0620 e. The summed E-state index contributed by atoms with van der Waals surface area (Å²) >= 11 is 0. The SMILES string of the molecule is c1ccc(-c2ccc(-n3c(-c4ccccc4)c(-c4ccccc4)c4ccc5c(-c6ccc(N(c7ccc8c(c7)c7ccccc7n8-c7ccccc7)c7cccc8ccccc78)cc6)cccc5c43)cc2)cc1. The van der Waals surface area contributed by atoms with Gasteiger partial charge in [-0.25, -0.2) is 0 Å². The minimum Gasteiger partial charge on any atom is -0.310 e. The number of nitrogens with zero attached hydrogens (tertiary/aromatic N) is 3. The van der Waals surface area contributed by atoms with Crippen LogP contribution in [0, 0.1) is 0 Å². The van der Waals surface area contributed by atoms with E-state index >= 15 is 0 Å². The van der Waals surface area contributed by atoms with Crippen LogP contribution in [-0.4, -0.2) is 9.13 Å². The van der Waals surface area contributed by atoms with Crippen LogP contribution in [0.15, 0.2) is 285 Å². The highest BCUT2D eigenvalue weighted by Crippen LogP contribution is 2.48. The number of rotatable bonds is 9. The first-order chi connectivity index (χ1) is 36.2. The number of hydrogen-bond acceptors (Lipinski definition) is 1. The van der Waals surface area contributed by atoms with Gasteiger partial charge in [0.1, 0.15) is 0 Å². The Bertz CT molecular complexity index is 4320. The molecule has 0 aliphatic heterocycles. The van der Waals surface area contributed by atoms with Crippen molar-refractivity contribution in [1.29, 1.82) is 0 Å². The number of hydrogen-bond donors (Lipinski definition) is 0. The maximum absolute atomic E-state index is 2.51. The number of para-hydroxylation sites is 2. The van der Waals surface area contributed by atoms with Gasteiger partial charge in [0.05, 0.1) is 27.9 Å². The van der Waals surface area contributed by atoms with Crippen LogP contribution in [0.25, 0.3) is 110 Å². The molecule has 0 radical (unpaired) electrons. The summed E-state index contributed by atoms with van der Waals surface area (Å²) in [6.07, 6.45) is 0. The minimum atomic E-state index is 1.08. The highest BCUT2D eigenvalue weighted by atomic mass is 15.1. The minimum absolute atomic E-state index is 1.08. The second kappa shape index (κ2) is 17.6. The Morgan fingerprint density at radius 1 is 0.274 bits per heavy atom. The second-order valence-corrected chi connectivity index (χ2v) is 18.8. The van der Waals surface area contributed by atoms with Crippen LogP contribution in [0.2, 0.25) is 0 Å². The fraction of sp³-hybridized carbons (Fsp3) is 0. The third-order valence-electron chi connectivity index (χ3n) is 14.7. The summed E-state index contributed by atoms with van der Waals surface area (Å²) in [6.45, 7) is 0. The van der Waals surface area contributed by atoms with Gasteiger partial charge in [0.15, 0.2) is 0 Å². The van der Waals surface area contributed by atoms with Crippen LogP contribution in [0.5, 0.6) is 0 Å². The lowest BCUT2D eigenvalue weighted by molar-refractivity contribution is 1.14. The zero-order valence-electron chi connectivity index (χ0n) is 40.0. The maximum Gasteiger partial charge on any atom is 0.0620 e. The van der Waals surface area contributed by atoms with Gasteiger partial charge in [-0.05, 0) is 111 Å². The number of fused-ring (bicyclic) bond motifs is 7. The number of benzene rings is 12. The molecular weight excluding hydrogens is 883 g/mol. The molecule has 0 N–H and O–H groups in total. The lowest BCUT2D eigenvalue weighted by Gasteiger charge is -2.27. The molecule has 0 aliphatic carbocycles. The molecule has 0 saturated carbocycles. The first-order valence-electron chi connectivity index (χ1n) is 25.1. The normalized spacial score (nSPS) is 11.6. The summed E-state index contributed by atoms with van der Waals surface area (Å²) in [6, 6.07) is 104. The van der Waals surface area contributed by atoms with Crippen LogP contribution >= 0.6 is 0 Å². The van der Waals surface area contributed by atoms with Gasteiger partial charge in [0, 0.05) is 55.2 Å². The molecule has 0 spiro atoms. The number of aromatic nitrogens is 2. The van der Waals surface area contributed by atoms with Crippen LogP contribution in [0.3, 0.4) is 0 Å². The van der Waals surface area contributed by atoms with Gasteiger partial charge in [-0.15, -0.1) is 0 Å². The van der Waals surface area contributed by atoms with Crippen LogP contribution in [0.1, 0.15) is 0 Å². The summed E-state index contributed by atoms with van der Waals surface area (Å²) in [4.78, 5) is 2.43. The molecule has 342 valence electrons. The molecule has 14 aromatic rings. The molecule has 0 bridgehead atoms. The van der Waals surface area contributed by atoms with Crippen molar-refractivity contribution in [2.24, 2.45) is 0 Å². The Balaban J connectivity index is 0.950. The van der Waals surface area contributed by atoms with Crippen molar-refractivity contribution in [2.75, 3.05) is 4.90 Å². The van der Waals surface area contributed by atoms with Crippen molar-refractivity contribution < 1.29 is 0 Å². The molecular formula is C70H47N3.